The highest BCUT2D eigenvalue weighted by molar-refractivity contribution is 5.87. The van der Waals surface area contributed by atoms with E-state index >= 15 is 0 Å². The van der Waals surface area contributed by atoms with Crippen LogP contribution in [0.5, 0.6) is 0 Å². The molecule has 2 amide bonds. The number of urea groups is 1. The number of alkyl halides is 2. The Balaban J connectivity index is 2.46. The summed E-state index contributed by atoms with van der Waals surface area (Å²) in [5, 5.41) is 13.1. The van der Waals surface area contributed by atoms with Gasteiger partial charge in [0.25, 0.3) is 6.43 Å². The second-order valence-corrected chi connectivity index (χ2v) is 3.46. The number of benzene rings is 1. The van der Waals surface area contributed by atoms with Crippen molar-refractivity contribution in [2.75, 3.05) is 6.54 Å². The molecule has 0 radical (unpaired) electrons. The van der Waals surface area contributed by atoms with E-state index in [9.17, 15) is 18.4 Å². The number of hydrogen-bond acceptors (Lipinski definition) is 2. The maximum Gasteiger partial charge on any atom is 0.335 e. The molecule has 0 aliphatic rings. The van der Waals surface area contributed by atoms with E-state index in [1.54, 1.807) is 6.07 Å². The van der Waals surface area contributed by atoms with Crippen LogP contribution in [0, 0.1) is 0 Å². The molecule has 7 heteroatoms. The lowest BCUT2D eigenvalue weighted by Gasteiger charge is -2.07. The zero-order valence-electron chi connectivity index (χ0n) is 9.32. The number of nitrogens with one attached hydrogen (secondary N) is 2. The van der Waals surface area contributed by atoms with Crippen molar-refractivity contribution in [3.63, 3.8) is 0 Å². The summed E-state index contributed by atoms with van der Waals surface area (Å²) in [5.41, 5.74) is 0.671. The normalized spacial score (nSPS) is 10.2. The number of amides is 2. The first-order chi connectivity index (χ1) is 8.49. The van der Waals surface area contributed by atoms with Crippen molar-refractivity contribution >= 4 is 12.0 Å². The summed E-state index contributed by atoms with van der Waals surface area (Å²) >= 11 is 0. The molecule has 0 fully saturated rings. The minimum Gasteiger partial charge on any atom is -0.478 e. The number of carboxylic acid groups (broad SMARTS) is 1. The number of rotatable bonds is 5. The molecule has 0 aliphatic carbocycles. The largest absolute Gasteiger partial charge is 0.478 e. The Hall–Kier alpha value is -2.18. The standard InChI is InChI=1S/C11H12F2N2O3/c12-9(13)6-15-11(18)14-5-7-2-1-3-8(4-7)10(16)17/h1-4,9H,5-6H2,(H,16,17)(H2,14,15,18). The van der Waals surface area contributed by atoms with Gasteiger partial charge < -0.3 is 15.7 Å². The predicted octanol–water partition coefficient (Wildman–Crippen LogP) is 1.45. The van der Waals surface area contributed by atoms with Crippen LogP contribution in [0.3, 0.4) is 0 Å². The highest BCUT2D eigenvalue weighted by Gasteiger charge is 2.07. The average molecular weight is 258 g/mol. The van der Waals surface area contributed by atoms with Crippen molar-refractivity contribution in [2.24, 2.45) is 0 Å². The van der Waals surface area contributed by atoms with E-state index in [1.807, 2.05) is 5.32 Å². The topological polar surface area (TPSA) is 78.4 Å². The molecule has 0 saturated carbocycles. The number of carboxylic acids is 1. The third kappa shape index (κ3) is 4.77. The van der Waals surface area contributed by atoms with Gasteiger partial charge in [-0.3, -0.25) is 0 Å². The fourth-order valence-corrected chi connectivity index (χ4v) is 1.23. The molecule has 0 spiro atoms. The summed E-state index contributed by atoms with van der Waals surface area (Å²) in [7, 11) is 0. The van der Waals surface area contributed by atoms with E-state index < -0.39 is 25.0 Å². The second kappa shape index (κ2) is 6.53. The van der Waals surface area contributed by atoms with Crippen LogP contribution in [0.25, 0.3) is 0 Å². The summed E-state index contributed by atoms with van der Waals surface area (Å²) in [6.07, 6.45) is -2.61. The molecule has 0 aliphatic heterocycles. The maximum absolute atomic E-state index is 11.8. The van der Waals surface area contributed by atoms with Gasteiger partial charge in [-0.05, 0) is 17.7 Å². The Labute approximate surface area is 102 Å². The number of halogens is 2. The molecule has 18 heavy (non-hydrogen) atoms. The Morgan fingerprint density at radius 3 is 2.61 bits per heavy atom. The number of carbonyl (C=O) groups is 2. The van der Waals surface area contributed by atoms with Gasteiger partial charge in [0.15, 0.2) is 0 Å². The van der Waals surface area contributed by atoms with Crippen LogP contribution in [-0.4, -0.2) is 30.1 Å². The molecule has 5 nitrogen and oxygen atoms in total. The van der Waals surface area contributed by atoms with Gasteiger partial charge in [0.2, 0.25) is 0 Å². The zero-order chi connectivity index (χ0) is 13.5. The van der Waals surface area contributed by atoms with Crippen molar-refractivity contribution < 1.29 is 23.5 Å². The third-order valence-corrected chi connectivity index (χ3v) is 2.04. The van der Waals surface area contributed by atoms with Gasteiger partial charge in [-0.25, -0.2) is 18.4 Å². The van der Waals surface area contributed by atoms with E-state index in [1.165, 1.54) is 18.2 Å². The Morgan fingerprint density at radius 2 is 2.00 bits per heavy atom. The van der Waals surface area contributed by atoms with Crippen molar-refractivity contribution in [1.29, 1.82) is 0 Å². The number of hydrogen-bond donors (Lipinski definition) is 3. The monoisotopic (exact) mass is 258 g/mol. The lowest BCUT2D eigenvalue weighted by molar-refractivity contribution is 0.0696. The highest BCUT2D eigenvalue weighted by atomic mass is 19.3. The van der Waals surface area contributed by atoms with Crippen LogP contribution in [0.1, 0.15) is 15.9 Å². The van der Waals surface area contributed by atoms with Gasteiger partial charge >= 0.3 is 12.0 Å². The number of carbonyl (C=O) groups excluding carboxylic acids is 1. The molecule has 0 bridgehead atoms. The molecule has 0 aromatic heterocycles. The Morgan fingerprint density at radius 1 is 1.28 bits per heavy atom. The average Bonchev–Trinajstić information content (AvgIpc) is 2.34. The summed E-state index contributed by atoms with van der Waals surface area (Å²) in [5.74, 6) is -1.07. The highest BCUT2D eigenvalue weighted by Crippen LogP contribution is 2.04. The van der Waals surface area contributed by atoms with Crippen LogP contribution < -0.4 is 10.6 Å². The third-order valence-electron chi connectivity index (χ3n) is 2.04. The van der Waals surface area contributed by atoms with Crippen LogP contribution >= 0.6 is 0 Å². The van der Waals surface area contributed by atoms with E-state index in [-0.39, 0.29) is 12.1 Å². The molecule has 0 heterocycles. The molecule has 0 unspecified atom stereocenters. The Kier molecular flexibility index (Phi) is 5.04. The smallest absolute Gasteiger partial charge is 0.335 e. The van der Waals surface area contributed by atoms with Gasteiger partial charge in [-0.2, -0.15) is 0 Å². The first-order valence-electron chi connectivity index (χ1n) is 5.11. The molecule has 3 N–H and O–H groups in total. The van der Waals surface area contributed by atoms with Crippen LogP contribution in [0.2, 0.25) is 0 Å². The van der Waals surface area contributed by atoms with Gasteiger partial charge in [0, 0.05) is 6.54 Å². The maximum atomic E-state index is 11.8. The lowest BCUT2D eigenvalue weighted by atomic mass is 10.1. The van der Waals surface area contributed by atoms with Crippen LogP contribution in [0.4, 0.5) is 13.6 Å². The molecule has 1 aromatic rings. The fourth-order valence-electron chi connectivity index (χ4n) is 1.23. The van der Waals surface area contributed by atoms with Gasteiger partial charge in [-0.1, -0.05) is 12.1 Å². The molecule has 1 rings (SSSR count). The SMILES string of the molecule is O=C(NCc1cccc(C(=O)O)c1)NCC(F)F. The van der Waals surface area contributed by atoms with E-state index in [4.69, 9.17) is 5.11 Å². The fraction of sp³-hybridized carbons (Fsp3) is 0.273. The predicted molar refractivity (Wildman–Crippen MR) is 59.6 cm³/mol. The van der Waals surface area contributed by atoms with Crippen molar-refractivity contribution in [3.05, 3.63) is 35.4 Å². The molecule has 98 valence electrons. The molecular formula is C11H12F2N2O3. The van der Waals surface area contributed by atoms with E-state index in [2.05, 4.69) is 5.32 Å². The lowest BCUT2D eigenvalue weighted by Crippen LogP contribution is -2.37. The summed E-state index contributed by atoms with van der Waals surface area (Å²) < 4.78 is 23.6. The zero-order valence-corrected chi connectivity index (χ0v) is 9.32. The van der Waals surface area contributed by atoms with E-state index in [0.29, 0.717) is 5.56 Å². The van der Waals surface area contributed by atoms with Gasteiger partial charge in [0.1, 0.15) is 0 Å². The number of aromatic carboxylic acids is 1. The van der Waals surface area contributed by atoms with Gasteiger partial charge in [-0.15, -0.1) is 0 Å². The van der Waals surface area contributed by atoms with Crippen molar-refractivity contribution in [3.8, 4) is 0 Å². The molecule has 0 saturated heterocycles. The quantitative estimate of drug-likeness (QED) is 0.748. The second-order valence-electron chi connectivity index (χ2n) is 3.46. The molecule has 1 aromatic carbocycles. The van der Waals surface area contributed by atoms with Gasteiger partial charge in [0.05, 0.1) is 12.1 Å². The Bertz CT molecular complexity index is 438. The van der Waals surface area contributed by atoms with Crippen LogP contribution in [-0.2, 0) is 6.54 Å². The summed E-state index contributed by atoms with van der Waals surface area (Å²) in [4.78, 5) is 21.8. The summed E-state index contributed by atoms with van der Waals surface area (Å²) in [6.45, 7) is -0.656. The van der Waals surface area contributed by atoms with Crippen molar-refractivity contribution in [2.45, 2.75) is 13.0 Å². The molecular weight excluding hydrogens is 246 g/mol. The van der Waals surface area contributed by atoms with Crippen molar-refractivity contribution in [1.82, 2.24) is 10.6 Å². The van der Waals surface area contributed by atoms with Crippen LogP contribution in [0.15, 0.2) is 24.3 Å². The van der Waals surface area contributed by atoms with E-state index in [0.717, 1.165) is 0 Å². The minimum atomic E-state index is -2.61. The first kappa shape index (κ1) is 13.9. The first-order valence-corrected chi connectivity index (χ1v) is 5.11. The molecule has 0 atom stereocenters. The summed E-state index contributed by atoms with van der Waals surface area (Å²) in [6, 6.07) is 5.26. The minimum absolute atomic E-state index is 0.0657.